The van der Waals surface area contributed by atoms with Gasteiger partial charge in [0.1, 0.15) is 0 Å². The van der Waals surface area contributed by atoms with Crippen molar-refractivity contribution in [3.63, 3.8) is 0 Å². The van der Waals surface area contributed by atoms with Crippen LogP contribution in [0.3, 0.4) is 0 Å². The molecule has 1 aromatic carbocycles. The average molecular weight is 237 g/mol. The maximum atomic E-state index is 11.4. The lowest BCUT2D eigenvalue weighted by molar-refractivity contribution is -0.384. The van der Waals surface area contributed by atoms with Gasteiger partial charge in [0, 0.05) is 24.2 Å². The van der Waals surface area contributed by atoms with Crippen LogP contribution >= 0.6 is 0 Å². The first kappa shape index (κ1) is 13.1. The molecule has 0 saturated carbocycles. The number of carbonyl (C=O) groups is 1. The number of nitrogens with zero attached hydrogens (tertiary/aromatic N) is 1. The average Bonchev–Trinajstić information content (AvgIpc) is 2.29. The smallest absolute Gasteiger partial charge is 0.271 e. The van der Waals surface area contributed by atoms with Crippen molar-refractivity contribution in [3.8, 4) is 0 Å². The summed E-state index contributed by atoms with van der Waals surface area (Å²) in [4.78, 5) is 21.5. The minimum Gasteiger partial charge on any atom is -0.330 e. The van der Waals surface area contributed by atoms with Gasteiger partial charge in [-0.25, -0.2) is 0 Å². The van der Waals surface area contributed by atoms with Crippen molar-refractivity contribution < 1.29 is 9.72 Å². The number of rotatable bonds is 6. The van der Waals surface area contributed by atoms with E-state index >= 15 is 0 Å². The Hall–Kier alpha value is -1.95. The minimum absolute atomic E-state index is 0.0373. The number of carbonyl (C=O) groups excluding carboxylic acids is 1. The Bertz CT molecular complexity index is 407. The van der Waals surface area contributed by atoms with Crippen LogP contribution in [0.5, 0.6) is 0 Å². The third kappa shape index (κ3) is 4.60. The molecule has 0 saturated heterocycles. The van der Waals surface area contributed by atoms with Gasteiger partial charge in [0.05, 0.1) is 4.92 Å². The van der Waals surface area contributed by atoms with Gasteiger partial charge in [-0.05, 0) is 25.5 Å². The van der Waals surface area contributed by atoms with E-state index in [0.717, 1.165) is 12.8 Å². The Morgan fingerprint density at radius 1 is 1.41 bits per heavy atom. The molecule has 0 atom stereocenters. The number of unbranched alkanes of at least 4 members (excludes halogenated alkanes) is 1. The molecule has 6 heteroatoms. The quantitative estimate of drug-likeness (QED) is 0.446. The van der Waals surface area contributed by atoms with E-state index < -0.39 is 4.92 Å². The number of nitro benzene ring substituents is 1. The summed E-state index contributed by atoms with van der Waals surface area (Å²) in [6.45, 7) is 0.560. The van der Waals surface area contributed by atoms with E-state index in [1.165, 1.54) is 18.2 Å². The monoisotopic (exact) mass is 237 g/mol. The number of hydrogen-bond acceptors (Lipinski definition) is 4. The van der Waals surface area contributed by atoms with E-state index in [9.17, 15) is 14.9 Å². The molecular weight excluding hydrogens is 222 g/mol. The first-order chi connectivity index (χ1) is 8.13. The van der Waals surface area contributed by atoms with Gasteiger partial charge in [-0.15, -0.1) is 0 Å². The number of amides is 1. The van der Waals surface area contributed by atoms with Gasteiger partial charge in [-0.3, -0.25) is 14.9 Å². The summed E-state index contributed by atoms with van der Waals surface area (Å²) in [5.74, 6) is -0.154. The molecule has 0 spiro atoms. The molecule has 6 nitrogen and oxygen atoms in total. The Morgan fingerprint density at radius 2 is 2.18 bits per heavy atom. The van der Waals surface area contributed by atoms with Crippen molar-refractivity contribution in [3.05, 3.63) is 34.4 Å². The third-order valence-corrected chi connectivity index (χ3v) is 2.20. The molecule has 0 fully saturated rings. The van der Waals surface area contributed by atoms with Gasteiger partial charge in [0.15, 0.2) is 0 Å². The summed E-state index contributed by atoms with van der Waals surface area (Å²) in [6, 6.07) is 5.87. The molecule has 0 aliphatic heterocycles. The standard InChI is InChI=1S/C11H15N3O3/c12-7-2-1-6-11(15)13-9-4-3-5-10(8-9)14(16)17/h3-5,8H,1-2,6-7,12H2,(H,13,15). The molecule has 17 heavy (non-hydrogen) atoms. The number of nitrogens with one attached hydrogen (secondary N) is 1. The largest absolute Gasteiger partial charge is 0.330 e. The van der Waals surface area contributed by atoms with Crippen LogP contribution in [0.25, 0.3) is 0 Å². The molecule has 3 N–H and O–H groups in total. The first-order valence-electron chi connectivity index (χ1n) is 5.38. The predicted molar refractivity (Wildman–Crippen MR) is 64.6 cm³/mol. The second-order valence-electron chi connectivity index (χ2n) is 3.60. The fraction of sp³-hybridized carbons (Fsp3) is 0.364. The Kier molecular flexibility index (Phi) is 5.09. The topological polar surface area (TPSA) is 98.3 Å². The van der Waals surface area contributed by atoms with E-state index in [0.29, 0.717) is 18.7 Å². The fourth-order valence-electron chi connectivity index (χ4n) is 1.35. The Morgan fingerprint density at radius 3 is 2.82 bits per heavy atom. The van der Waals surface area contributed by atoms with Crippen LogP contribution in [-0.4, -0.2) is 17.4 Å². The highest BCUT2D eigenvalue weighted by atomic mass is 16.6. The second-order valence-corrected chi connectivity index (χ2v) is 3.60. The van der Waals surface area contributed by atoms with Crippen LogP contribution < -0.4 is 11.1 Å². The van der Waals surface area contributed by atoms with Gasteiger partial charge in [0.25, 0.3) is 5.69 Å². The van der Waals surface area contributed by atoms with Gasteiger partial charge >= 0.3 is 0 Å². The van der Waals surface area contributed by atoms with E-state index in [1.807, 2.05) is 0 Å². The van der Waals surface area contributed by atoms with Gasteiger partial charge < -0.3 is 11.1 Å². The van der Waals surface area contributed by atoms with Crippen LogP contribution in [0.1, 0.15) is 19.3 Å². The SMILES string of the molecule is NCCCCC(=O)Nc1cccc([N+](=O)[O-])c1. The maximum Gasteiger partial charge on any atom is 0.271 e. The summed E-state index contributed by atoms with van der Waals surface area (Å²) in [5, 5.41) is 13.1. The molecule has 0 unspecified atom stereocenters. The lowest BCUT2D eigenvalue weighted by Gasteiger charge is -2.04. The number of anilines is 1. The predicted octanol–water partition coefficient (Wildman–Crippen LogP) is 1.66. The highest BCUT2D eigenvalue weighted by Crippen LogP contribution is 2.17. The number of benzene rings is 1. The molecule has 0 aliphatic carbocycles. The second kappa shape index (κ2) is 6.59. The fourth-order valence-corrected chi connectivity index (χ4v) is 1.35. The third-order valence-electron chi connectivity index (χ3n) is 2.20. The van der Waals surface area contributed by atoms with Crippen LogP contribution in [0.4, 0.5) is 11.4 Å². The van der Waals surface area contributed by atoms with Crippen molar-refractivity contribution in [1.82, 2.24) is 0 Å². The summed E-state index contributed by atoms with van der Waals surface area (Å²) in [5.41, 5.74) is 5.72. The molecule has 0 heterocycles. The summed E-state index contributed by atoms with van der Waals surface area (Å²) < 4.78 is 0. The van der Waals surface area contributed by atoms with Crippen LogP contribution in [0.2, 0.25) is 0 Å². The van der Waals surface area contributed by atoms with Gasteiger partial charge in [-0.1, -0.05) is 6.07 Å². The zero-order chi connectivity index (χ0) is 12.7. The Labute approximate surface area is 99.0 Å². The van der Waals surface area contributed by atoms with Crippen molar-refractivity contribution in [2.24, 2.45) is 5.73 Å². The molecule has 1 amide bonds. The molecule has 0 bridgehead atoms. The first-order valence-corrected chi connectivity index (χ1v) is 5.38. The molecule has 92 valence electrons. The normalized spacial score (nSPS) is 9.94. The van der Waals surface area contributed by atoms with Crippen molar-refractivity contribution in [1.29, 1.82) is 0 Å². The van der Waals surface area contributed by atoms with Crippen molar-refractivity contribution >= 4 is 17.3 Å². The van der Waals surface area contributed by atoms with Gasteiger partial charge in [-0.2, -0.15) is 0 Å². The van der Waals surface area contributed by atoms with Crippen LogP contribution in [-0.2, 0) is 4.79 Å². The summed E-state index contributed by atoms with van der Waals surface area (Å²) in [6.07, 6.45) is 1.89. The zero-order valence-electron chi connectivity index (χ0n) is 9.39. The number of nitrogens with two attached hydrogens (primary N) is 1. The van der Waals surface area contributed by atoms with Crippen molar-refractivity contribution in [2.75, 3.05) is 11.9 Å². The van der Waals surface area contributed by atoms with Crippen molar-refractivity contribution in [2.45, 2.75) is 19.3 Å². The lowest BCUT2D eigenvalue weighted by Crippen LogP contribution is -2.12. The number of nitro groups is 1. The lowest BCUT2D eigenvalue weighted by atomic mass is 10.2. The molecule has 0 aromatic heterocycles. The van der Waals surface area contributed by atoms with Gasteiger partial charge in [0.2, 0.25) is 5.91 Å². The van der Waals surface area contributed by atoms with Crippen LogP contribution in [0.15, 0.2) is 24.3 Å². The summed E-state index contributed by atoms with van der Waals surface area (Å²) >= 11 is 0. The molecule has 1 rings (SSSR count). The van der Waals surface area contributed by atoms with E-state index in [4.69, 9.17) is 5.73 Å². The minimum atomic E-state index is -0.496. The molecular formula is C11H15N3O3. The molecule has 0 aliphatic rings. The highest BCUT2D eigenvalue weighted by Gasteiger charge is 2.07. The highest BCUT2D eigenvalue weighted by molar-refractivity contribution is 5.90. The molecule has 1 aromatic rings. The van der Waals surface area contributed by atoms with E-state index in [-0.39, 0.29) is 11.6 Å². The zero-order valence-corrected chi connectivity index (χ0v) is 9.39. The number of non-ortho nitro benzene ring substituents is 1. The Balaban J connectivity index is 2.53. The van der Waals surface area contributed by atoms with E-state index in [1.54, 1.807) is 6.07 Å². The van der Waals surface area contributed by atoms with Crippen LogP contribution in [0, 0.1) is 10.1 Å². The maximum absolute atomic E-state index is 11.4. The number of hydrogen-bond donors (Lipinski definition) is 2. The van der Waals surface area contributed by atoms with E-state index in [2.05, 4.69) is 5.32 Å². The summed E-state index contributed by atoms with van der Waals surface area (Å²) in [7, 11) is 0. The molecule has 0 radical (unpaired) electrons.